The lowest BCUT2D eigenvalue weighted by Crippen LogP contribution is -2.14. The number of nitrogens with zero attached hydrogens (tertiary/aromatic N) is 2. The fourth-order valence-electron chi connectivity index (χ4n) is 2.96. The van der Waals surface area contributed by atoms with Crippen LogP contribution in [0.3, 0.4) is 0 Å². The number of amides is 1. The Morgan fingerprint density at radius 1 is 1.07 bits per heavy atom. The largest absolute Gasteiger partial charge is 0.497 e. The number of benzene rings is 2. The first-order valence-electron chi connectivity index (χ1n) is 8.95. The number of hydrogen-bond acceptors (Lipinski definition) is 6. The molecule has 29 heavy (non-hydrogen) atoms. The SMILES string of the molecule is COc1ccc(C(=O)Nc2cc(-c3nc4ncccc4o3)ccc2C)c(OC)c1. The van der Waals surface area contributed by atoms with Gasteiger partial charge in [0, 0.05) is 23.5 Å². The number of hydrogen-bond donors (Lipinski definition) is 1. The number of methoxy groups -OCH3 is 2. The molecule has 0 saturated heterocycles. The van der Waals surface area contributed by atoms with Gasteiger partial charge < -0.3 is 19.2 Å². The maximum absolute atomic E-state index is 12.9. The summed E-state index contributed by atoms with van der Waals surface area (Å²) in [6.07, 6.45) is 1.66. The minimum absolute atomic E-state index is 0.288. The van der Waals surface area contributed by atoms with Gasteiger partial charge in [0.25, 0.3) is 5.91 Å². The molecule has 0 bridgehead atoms. The van der Waals surface area contributed by atoms with Crippen molar-refractivity contribution in [1.29, 1.82) is 0 Å². The van der Waals surface area contributed by atoms with Crippen molar-refractivity contribution in [3.8, 4) is 23.0 Å². The number of aromatic nitrogens is 2. The van der Waals surface area contributed by atoms with Crippen LogP contribution in [-0.4, -0.2) is 30.1 Å². The molecule has 0 atom stereocenters. The summed E-state index contributed by atoms with van der Waals surface area (Å²) in [5.74, 6) is 1.20. The van der Waals surface area contributed by atoms with Crippen LogP contribution in [0.2, 0.25) is 0 Å². The maximum Gasteiger partial charge on any atom is 0.259 e. The summed E-state index contributed by atoms with van der Waals surface area (Å²) < 4.78 is 16.3. The van der Waals surface area contributed by atoms with Crippen molar-refractivity contribution in [2.75, 3.05) is 19.5 Å². The second kappa shape index (κ2) is 7.63. The molecule has 0 aliphatic carbocycles. The molecule has 0 spiro atoms. The highest BCUT2D eigenvalue weighted by atomic mass is 16.5. The van der Waals surface area contributed by atoms with Crippen molar-refractivity contribution in [1.82, 2.24) is 9.97 Å². The van der Waals surface area contributed by atoms with E-state index >= 15 is 0 Å². The lowest BCUT2D eigenvalue weighted by Gasteiger charge is -2.13. The Balaban J connectivity index is 1.65. The molecule has 0 aliphatic heterocycles. The van der Waals surface area contributed by atoms with Gasteiger partial charge in [-0.05, 0) is 48.9 Å². The quantitative estimate of drug-likeness (QED) is 0.542. The number of pyridine rings is 1. The van der Waals surface area contributed by atoms with Gasteiger partial charge in [-0.2, -0.15) is 4.98 Å². The van der Waals surface area contributed by atoms with Crippen LogP contribution in [0.15, 0.2) is 59.1 Å². The molecule has 4 aromatic rings. The molecule has 1 amide bonds. The van der Waals surface area contributed by atoms with Crippen LogP contribution in [0.1, 0.15) is 15.9 Å². The van der Waals surface area contributed by atoms with Crippen LogP contribution in [0, 0.1) is 6.92 Å². The molecular formula is C22H19N3O4. The first-order valence-corrected chi connectivity index (χ1v) is 8.95. The number of carbonyl (C=O) groups excluding carboxylic acids is 1. The molecule has 0 aliphatic rings. The van der Waals surface area contributed by atoms with Gasteiger partial charge >= 0.3 is 0 Å². The molecule has 7 nitrogen and oxygen atoms in total. The third-order valence-electron chi connectivity index (χ3n) is 4.55. The monoisotopic (exact) mass is 389 g/mol. The van der Waals surface area contributed by atoms with Crippen LogP contribution in [0.4, 0.5) is 5.69 Å². The summed E-state index contributed by atoms with van der Waals surface area (Å²) >= 11 is 0. The number of rotatable bonds is 5. The third kappa shape index (κ3) is 3.62. The predicted octanol–water partition coefficient (Wildman–Crippen LogP) is 4.47. The summed E-state index contributed by atoms with van der Waals surface area (Å²) in [6, 6.07) is 14.3. The second-order valence-electron chi connectivity index (χ2n) is 6.39. The van der Waals surface area contributed by atoms with Crippen molar-refractivity contribution in [3.05, 3.63) is 65.9 Å². The zero-order valence-corrected chi connectivity index (χ0v) is 16.2. The topological polar surface area (TPSA) is 86.5 Å². The lowest BCUT2D eigenvalue weighted by atomic mass is 10.1. The Kier molecular flexibility index (Phi) is 4.87. The molecule has 4 rings (SSSR count). The Morgan fingerprint density at radius 3 is 2.69 bits per heavy atom. The van der Waals surface area contributed by atoms with E-state index in [0.29, 0.717) is 39.9 Å². The Bertz CT molecular complexity index is 1170. The Hall–Kier alpha value is -3.87. The average molecular weight is 389 g/mol. The Morgan fingerprint density at radius 2 is 1.93 bits per heavy atom. The number of carbonyl (C=O) groups is 1. The number of oxazole rings is 1. The fraction of sp³-hybridized carbons (Fsp3) is 0.136. The van der Waals surface area contributed by atoms with E-state index in [2.05, 4.69) is 15.3 Å². The van der Waals surface area contributed by atoms with Gasteiger partial charge in [-0.1, -0.05) is 6.07 Å². The van der Waals surface area contributed by atoms with Crippen molar-refractivity contribution in [3.63, 3.8) is 0 Å². The number of ether oxygens (including phenoxy) is 2. The number of fused-ring (bicyclic) bond motifs is 1. The van der Waals surface area contributed by atoms with Gasteiger partial charge in [0.15, 0.2) is 11.2 Å². The van der Waals surface area contributed by atoms with E-state index < -0.39 is 0 Å². The van der Waals surface area contributed by atoms with Crippen LogP contribution in [-0.2, 0) is 0 Å². The molecule has 2 heterocycles. The molecule has 2 aromatic carbocycles. The van der Waals surface area contributed by atoms with E-state index in [-0.39, 0.29) is 5.91 Å². The third-order valence-corrected chi connectivity index (χ3v) is 4.55. The number of nitrogens with one attached hydrogen (secondary N) is 1. The van der Waals surface area contributed by atoms with Crippen LogP contribution in [0.5, 0.6) is 11.5 Å². The van der Waals surface area contributed by atoms with Gasteiger partial charge in [-0.15, -0.1) is 0 Å². The van der Waals surface area contributed by atoms with Crippen molar-refractivity contribution < 1.29 is 18.7 Å². The minimum atomic E-state index is -0.288. The summed E-state index contributed by atoms with van der Waals surface area (Å²) in [6.45, 7) is 1.91. The molecule has 0 unspecified atom stereocenters. The predicted molar refractivity (Wildman–Crippen MR) is 109 cm³/mol. The molecule has 1 N–H and O–H groups in total. The first kappa shape index (κ1) is 18.5. The smallest absolute Gasteiger partial charge is 0.259 e. The maximum atomic E-state index is 12.9. The van der Waals surface area contributed by atoms with Gasteiger partial charge in [0.2, 0.25) is 5.89 Å². The van der Waals surface area contributed by atoms with E-state index in [1.807, 2.05) is 31.2 Å². The van der Waals surface area contributed by atoms with E-state index in [1.165, 1.54) is 7.11 Å². The fourth-order valence-corrected chi connectivity index (χ4v) is 2.96. The summed E-state index contributed by atoms with van der Waals surface area (Å²) in [5, 5.41) is 2.94. The normalized spacial score (nSPS) is 10.7. The van der Waals surface area contributed by atoms with Gasteiger partial charge in [-0.25, -0.2) is 4.98 Å². The van der Waals surface area contributed by atoms with Crippen LogP contribution in [0.25, 0.3) is 22.7 Å². The van der Waals surface area contributed by atoms with E-state index in [0.717, 1.165) is 11.1 Å². The molecule has 146 valence electrons. The average Bonchev–Trinajstić information content (AvgIpc) is 3.19. The van der Waals surface area contributed by atoms with Crippen molar-refractivity contribution in [2.45, 2.75) is 6.92 Å². The number of anilines is 1. The van der Waals surface area contributed by atoms with E-state index in [1.54, 1.807) is 37.6 Å². The molecule has 7 heteroatoms. The summed E-state index contributed by atoms with van der Waals surface area (Å²) in [5.41, 5.74) is 3.85. The summed E-state index contributed by atoms with van der Waals surface area (Å²) in [4.78, 5) is 21.5. The van der Waals surface area contributed by atoms with Gasteiger partial charge in [0.05, 0.1) is 19.8 Å². The minimum Gasteiger partial charge on any atom is -0.497 e. The first-order chi connectivity index (χ1) is 14.1. The zero-order chi connectivity index (χ0) is 20.4. The van der Waals surface area contributed by atoms with E-state index in [9.17, 15) is 4.79 Å². The van der Waals surface area contributed by atoms with Crippen LogP contribution >= 0.6 is 0 Å². The molecule has 0 fully saturated rings. The number of aryl methyl sites for hydroxylation is 1. The standard InChI is InChI=1S/C22H19N3O4/c1-13-6-7-14(22-25-20-18(29-22)5-4-10-23-20)11-17(13)24-21(26)16-9-8-15(27-2)12-19(16)28-3/h4-12H,1-3H3,(H,24,26). The highest BCUT2D eigenvalue weighted by Gasteiger charge is 2.16. The highest BCUT2D eigenvalue weighted by Crippen LogP contribution is 2.29. The lowest BCUT2D eigenvalue weighted by molar-refractivity contribution is 0.102. The molecular weight excluding hydrogens is 370 g/mol. The zero-order valence-electron chi connectivity index (χ0n) is 16.2. The van der Waals surface area contributed by atoms with Crippen molar-refractivity contribution >= 4 is 22.8 Å². The van der Waals surface area contributed by atoms with Gasteiger partial charge in [0.1, 0.15) is 11.5 Å². The van der Waals surface area contributed by atoms with E-state index in [4.69, 9.17) is 13.9 Å². The molecule has 0 saturated carbocycles. The second-order valence-corrected chi connectivity index (χ2v) is 6.39. The Labute approximate surface area is 167 Å². The molecule has 2 aromatic heterocycles. The van der Waals surface area contributed by atoms with Gasteiger partial charge in [-0.3, -0.25) is 4.79 Å². The van der Waals surface area contributed by atoms with Crippen molar-refractivity contribution in [2.24, 2.45) is 0 Å². The highest BCUT2D eigenvalue weighted by molar-refractivity contribution is 6.07. The summed E-state index contributed by atoms with van der Waals surface area (Å²) in [7, 11) is 3.07. The van der Waals surface area contributed by atoms with Crippen LogP contribution < -0.4 is 14.8 Å². The molecule has 0 radical (unpaired) electrons.